The molecule has 0 amide bonds. The second-order valence-corrected chi connectivity index (χ2v) is 7.83. The van der Waals surface area contributed by atoms with Crippen LogP contribution in [0.2, 0.25) is 0 Å². The van der Waals surface area contributed by atoms with Crippen LogP contribution in [0.4, 0.5) is 4.39 Å². The number of pyridine rings is 1. The Hall–Kier alpha value is -1.77. The van der Waals surface area contributed by atoms with Crippen molar-refractivity contribution in [2.24, 2.45) is 0 Å². The first kappa shape index (κ1) is 16.7. The number of hydrogen-bond acceptors (Lipinski definition) is 5. The van der Waals surface area contributed by atoms with Gasteiger partial charge in [-0.2, -0.15) is 5.10 Å². The molecular weight excluding hydrogens is 324 g/mol. The molecule has 134 valence electrons. The lowest BCUT2D eigenvalue weighted by Crippen LogP contribution is -2.53. The fourth-order valence-electron chi connectivity index (χ4n) is 3.67. The second kappa shape index (κ2) is 5.12. The Kier molecular flexibility index (Phi) is 3.42. The number of halogens is 1. The second-order valence-electron chi connectivity index (χ2n) is 7.83. The van der Waals surface area contributed by atoms with Crippen molar-refractivity contribution in [3.63, 3.8) is 0 Å². The Morgan fingerprint density at radius 1 is 1.20 bits per heavy atom. The van der Waals surface area contributed by atoms with Crippen LogP contribution in [0.1, 0.15) is 39.8 Å². The zero-order valence-corrected chi connectivity index (χ0v) is 14.9. The van der Waals surface area contributed by atoms with Gasteiger partial charge in [-0.1, -0.05) is 5.46 Å². The average molecular weight is 346 g/mol. The summed E-state index contributed by atoms with van der Waals surface area (Å²) in [5.74, 6) is -0.420. The van der Waals surface area contributed by atoms with E-state index in [1.807, 2.05) is 32.4 Å². The first-order chi connectivity index (χ1) is 11.6. The van der Waals surface area contributed by atoms with E-state index in [-0.39, 0.29) is 0 Å². The molecule has 1 fully saturated rings. The fourth-order valence-corrected chi connectivity index (χ4v) is 3.67. The van der Waals surface area contributed by atoms with E-state index in [1.54, 1.807) is 6.07 Å². The molecule has 25 heavy (non-hydrogen) atoms. The topological polar surface area (TPSA) is 69.4 Å². The Morgan fingerprint density at radius 3 is 2.48 bits per heavy atom. The van der Waals surface area contributed by atoms with E-state index in [0.29, 0.717) is 16.9 Å². The van der Waals surface area contributed by atoms with E-state index in [4.69, 9.17) is 9.31 Å². The molecule has 0 aromatic carbocycles. The Bertz CT molecular complexity index is 816. The summed E-state index contributed by atoms with van der Waals surface area (Å²) in [6.07, 6.45) is 2.87. The number of rotatable bonds is 2. The standard InChI is InChI=1S/C17H22BFN3O3/c1-16(2)17(3,4)25-18(23,24-16)14-13-6-5-9-22(13)21-15(14)12-8-7-11(19)10-20-12/h7-8,10,23H,5-6,9H2,1-4H3/q-1. The Balaban J connectivity index is 1.89. The summed E-state index contributed by atoms with van der Waals surface area (Å²) in [5.41, 5.74) is 1.06. The minimum Gasteiger partial charge on any atom is -0.555 e. The SMILES string of the molecule is CC1(C)O[B-](O)(c2c(-c3ccc(F)cn3)nn3c2CCC3)OC1(C)C. The molecule has 2 aliphatic heterocycles. The van der Waals surface area contributed by atoms with Gasteiger partial charge in [0.1, 0.15) is 5.82 Å². The van der Waals surface area contributed by atoms with Gasteiger partial charge >= 0.3 is 6.75 Å². The fraction of sp³-hybridized carbons (Fsp3) is 0.529. The van der Waals surface area contributed by atoms with Crippen LogP contribution in [0, 0.1) is 5.82 Å². The van der Waals surface area contributed by atoms with Crippen molar-refractivity contribution in [2.75, 3.05) is 0 Å². The largest absolute Gasteiger partial charge is 0.555 e. The first-order valence-electron chi connectivity index (χ1n) is 8.61. The van der Waals surface area contributed by atoms with Crippen molar-refractivity contribution in [3.05, 3.63) is 29.8 Å². The lowest BCUT2D eigenvalue weighted by atomic mass is 9.67. The predicted molar refractivity (Wildman–Crippen MR) is 91.7 cm³/mol. The lowest BCUT2D eigenvalue weighted by molar-refractivity contribution is 0.00578. The number of hydrogen-bond donors (Lipinski definition) is 1. The van der Waals surface area contributed by atoms with Gasteiger partial charge in [0.15, 0.2) is 0 Å². The highest BCUT2D eigenvalue weighted by Gasteiger charge is 2.54. The van der Waals surface area contributed by atoms with Crippen molar-refractivity contribution in [3.8, 4) is 11.4 Å². The smallest absolute Gasteiger partial charge is 0.412 e. The first-order valence-corrected chi connectivity index (χ1v) is 8.61. The average Bonchev–Trinajstić information content (AvgIpc) is 3.10. The number of aryl methyl sites for hydroxylation is 1. The number of nitrogens with zero attached hydrogens (tertiary/aromatic N) is 3. The molecule has 0 atom stereocenters. The van der Waals surface area contributed by atoms with Gasteiger partial charge in [0.2, 0.25) is 0 Å². The molecule has 4 rings (SSSR count). The summed E-state index contributed by atoms with van der Waals surface area (Å²) in [7, 11) is 0. The van der Waals surface area contributed by atoms with Gasteiger partial charge in [0, 0.05) is 23.4 Å². The van der Waals surface area contributed by atoms with E-state index < -0.39 is 23.8 Å². The third-order valence-corrected chi connectivity index (χ3v) is 5.58. The van der Waals surface area contributed by atoms with Crippen LogP contribution >= 0.6 is 0 Å². The van der Waals surface area contributed by atoms with Gasteiger partial charge in [-0.25, -0.2) is 4.39 Å². The van der Waals surface area contributed by atoms with Crippen LogP contribution in [0.25, 0.3) is 11.4 Å². The zero-order valence-electron chi connectivity index (χ0n) is 14.9. The number of aromatic nitrogens is 3. The molecule has 0 bridgehead atoms. The van der Waals surface area contributed by atoms with E-state index in [9.17, 15) is 9.41 Å². The van der Waals surface area contributed by atoms with Crippen LogP contribution in [0.5, 0.6) is 0 Å². The summed E-state index contributed by atoms with van der Waals surface area (Å²) in [5, 5.41) is 15.9. The molecule has 0 unspecified atom stereocenters. The Labute approximate surface area is 146 Å². The summed E-state index contributed by atoms with van der Waals surface area (Å²) in [6.45, 7) is 5.63. The summed E-state index contributed by atoms with van der Waals surface area (Å²) in [6, 6.07) is 2.89. The highest BCUT2D eigenvalue weighted by molar-refractivity contribution is 6.76. The van der Waals surface area contributed by atoms with Gasteiger partial charge in [-0.15, -0.1) is 0 Å². The maximum atomic E-state index is 13.3. The van der Waals surface area contributed by atoms with Gasteiger partial charge in [-0.05, 0) is 52.7 Å². The normalized spacial score (nSPS) is 23.0. The van der Waals surface area contributed by atoms with E-state index >= 15 is 0 Å². The highest BCUT2D eigenvalue weighted by Crippen LogP contribution is 2.41. The van der Waals surface area contributed by atoms with Gasteiger partial charge in [0.05, 0.1) is 17.6 Å². The van der Waals surface area contributed by atoms with Crippen LogP contribution < -0.4 is 5.46 Å². The minimum atomic E-state index is -2.72. The van der Waals surface area contributed by atoms with Gasteiger partial charge in [-0.3, -0.25) is 9.67 Å². The van der Waals surface area contributed by atoms with Crippen LogP contribution in [-0.4, -0.2) is 37.7 Å². The summed E-state index contributed by atoms with van der Waals surface area (Å²) >= 11 is 0. The zero-order chi connectivity index (χ0) is 18.0. The molecule has 2 aliphatic rings. The van der Waals surface area contributed by atoms with Crippen molar-refractivity contribution in [1.29, 1.82) is 0 Å². The molecule has 0 saturated carbocycles. The molecule has 1 N–H and O–H groups in total. The van der Waals surface area contributed by atoms with E-state index in [1.165, 1.54) is 6.07 Å². The third kappa shape index (κ3) is 2.43. The molecule has 0 spiro atoms. The molecule has 8 heteroatoms. The van der Waals surface area contributed by atoms with E-state index in [0.717, 1.165) is 31.3 Å². The molecule has 2 aromatic heterocycles. The summed E-state index contributed by atoms with van der Waals surface area (Å²) in [4.78, 5) is 4.13. The molecule has 0 aliphatic carbocycles. The molecular formula is C17H22BFN3O3-. The summed E-state index contributed by atoms with van der Waals surface area (Å²) < 4.78 is 27.2. The molecule has 4 heterocycles. The van der Waals surface area contributed by atoms with Crippen LogP contribution in [0.15, 0.2) is 18.3 Å². The maximum Gasteiger partial charge on any atom is 0.412 e. The quantitative estimate of drug-likeness (QED) is 0.840. The monoisotopic (exact) mass is 346 g/mol. The minimum absolute atomic E-state index is 0.420. The molecule has 1 saturated heterocycles. The Morgan fingerprint density at radius 2 is 1.88 bits per heavy atom. The van der Waals surface area contributed by atoms with Crippen molar-refractivity contribution in [1.82, 2.24) is 14.8 Å². The van der Waals surface area contributed by atoms with Crippen molar-refractivity contribution in [2.45, 2.75) is 58.3 Å². The van der Waals surface area contributed by atoms with Gasteiger partial charge in [0.25, 0.3) is 0 Å². The maximum absolute atomic E-state index is 13.3. The molecule has 6 nitrogen and oxygen atoms in total. The van der Waals surface area contributed by atoms with Crippen LogP contribution in [-0.2, 0) is 22.3 Å². The van der Waals surface area contributed by atoms with E-state index in [2.05, 4.69) is 10.1 Å². The van der Waals surface area contributed by atoms with Gasteiger partial charge < -0.3 is 14.3 Å². The van der Waals surface area contributed by atoms with Crippen LogP contribution in [0.3, 0.4) is 0 Å². The van der Waals surface area contributed by atoms with Crippen molar-refractivity contribution >= 4 is 12.2 Å². The third-order valence-electron chi connectivity index (χ3n) is 5.58. The molecule has 2 aromatic rings. The van der Waals surface area contributed by atoms with Crippen molar-refractivity contribution < 1.29 is 18.7 Å². The predicted octanol–water partition coefficient (Wildman–Crippen LogP) is 1.77. The highest BCUT2D eigenvalue weighted by atomic mass is 19.1. The number of fused-ring (bicyclic) bond motifs is 1. The lowest BCUT2D eigenvalue weighted by Gasteiger charge is -2.36. The molecule has 0 radical (unpaired) electrons.